The van der Waals surface area contributed by atoms with Crippen molar-refractivity contribution in [1.82, 2.24) is 20.3 Å². The number of nitrogens with zero attached hydrogens (tertiary/aromatic N) is 2. The molecule has 5 nitrogen and oxygen atoms in total. The lowest BCUT2D eigenvalue weighted by Crippen LogP contribution is -2.45. The minimum absolute atomic E-state index is 0. The van der Waals surface area contributed by atoms with E-state index in [0.717, 1.165) is 5.70 Å². The van der Waals surface area contributed by atoms with Gasteiger partial charge in [0.25, 0.3) is 5.91 Å². The minimum Gasteiger partial charge on any atom is -0.343 e. The standard InChI is InChI=1S/C6H8N4OS.CH4/c1-4-2-6(11)10-5(7-4)3-9(12)8-10;/h2-3,7-8,12H,1H3;1H4. The molecule has 0 aromatic rings. The maximum atomic E-state index is 11.3. The fraction of sp³-hybridized carbons (Fsp3) is 0.286. The molecule has 0 aromatic carbocycles. The van der Waals surface area contributed by atoms with E-state index in [9.17, 15) is 4.79 Å². The first-order valence-corrected chi connectivity index (χ1v) is 3.82. The topological polar surface area (TPSA) is 47.6 Å². The fourth-order valence-corrected chi connectivity index (χ4v) is 1.30. The van der Waals surface area contributed by atoms with E-state index >= 15 is 0 Å². The summed E-state index contributed by atoms with van der Waals surface area (Å²) in [6.45, 7) is 1.83. The van der Waals surface area contributed by atoms with Crippen LogP contribution in [0.2, 0.25) is 0 Å². The maximum absolute atomic E-state index is 11.3. The number of nitrogens with one attached hydrogen (secondary N) is 2. The quantitative estimate of drug-likeness (QED) is 0.493. The van der Waals surface area contributed by atoms with Crippen LogP contribution in [0.5, 0.6) is 0 Å². The molecule has 6 heteroatoms. The molecule has 2 aliphatic heterocycles. The van der Waals surface area contributed by atoms with Crippen LogP contribution in [0.3, 0.4) is 0 Å². The Morgan fingerprint density at radius 1 is 1.54 bits per heavy atom. The van der Waals surface area contributed by atoms with Gasteiger partial charge in [-0.2, -0.15) is 0 Å². The molecule has 0 radical (unpaired) electrons. The number of rotatable bonds is 0. The van der Waals surface area contributed by atoms with Gasteiger partial charge in [-0.1, -0.05) is 7.43 Å². The van der Waals surface area contributed by atoms with E-state index in [-0.39, 0.29) is 13.3 Å². The average Bonchev–Trinajstić information content (AvgIpc) is 2.29. The molecule has 0 unspecified atom stereocenters. The Balaban J connectivity index is 0.000000845. The van der Waals surface area contributed by atoms with Gasteiger partial charge < -0.3 is 5.32 Å². The first kappa shape index (κ1) is 9.94. The predicted octanol–water partition coefficient (Wildman–Crippen LogP) is 0.337. The second-order valence-corrected chi connectivity index (χ2v) is 3.02. The second kappa shape index (κ2) is 3.31. The lowest BCUT2D eigenvalue weighted by Gasteiger charge is -2.23. The van der Waals surface area contributed by atoms with Gasteiger partial charge in [-0.05, 0) is 19.7 Å². The molecule has 13 heavy (non-hydrogen) atoms. The number of allylic oxidation sites excluding steroid dienone is 1. The van der Waals surface area contributed by atoms with Gasteiger partial charge in [0.2, 0.25) is 0 Å². The van der Waals surface area contributed by atoms with E-state index in [1.54, 1.807) is 6.20 Å². The van der Waals surface area contributed by atoms with Crippen molar-refractivity contribution in [3.8, 4) is 0 Å². The summed E-state index contributed by atoms with van der Waals surface area (Å²) >= 11 is 4.01. The van der Waals surface area contributed by atoms with Crippen molar-refractivity contribution >= 4 is 18.7 Å². The highest BCUT2D eigenvalue weighted by Gasteiger charge is 2.27. The fourth-order valence-electron chi connectivity index (χ4n) is 1.10. The number of fused-ring (bicyclic) bond motifs is 1. The highest BCUT2D eigenvalue weighted by Crippen LogP contribution is 2.15. The summed E-state index contributed by atoms with van der Waals surface area (Å²) < 4.78 is 1.41. The number of thiol groups is 1. The van der Waals surface area contributed by atoms with E-state index in [1.165, 1.54) is 15.5 Å². The van der Waals surface area contributed by atoms with Gasteiger partial charge in [-0.3, -0.25) is 4.79 Å². The second-order valence-electron chi connectivity index (χ2n) is 2.58. The van der Waals surface area contributed by atoms with Crippen LogP contribution in [0.25, 0.3) is 0 Å². The molecule has 2 aliphatic rings. The molecule has 2 N–H and O–H groups in total. The van der Waals surface area contributed by atoms with Gasteiger partial charge in [-0.25, -0.2) is 9.42 Å². The van der Waals surface area contributed by atoms with Crippen LogP contribution in [0.15, 0.2) is 23.8 Å². The van der Waals surface area contributed by atoms with Crippen LogP contribution >= 0.6 is 12.8 Å². The molecule has 0 aromatic heterocycles. The summed E-state index contributed by atoms with van der Waals surface area (Å²) in [5.74, 6) is 0.587. The SMILES string of the molecule is C.CC1=CC(=O)N2NN(S)C=C2N1. The van der Waals surface area contributed by atoms with Crippen molar-refractivity contribution in [2.75, 3.05) is 0 Å². The van der Waals surface area contributed by atoms with Gasteiger partial charge in [0.15, 0.2) is 0 Å². The van der Waals surface area contributed by atoms with Crippen molar-refractivity contribution in [2.45, 2.75) is 14.4 Å². The molecule has 1 amide bonds. The van der Waals surface area contributed by atoms with Crippen LogP contribution in [0.4, 0.5) is 0 Å². The summed E-state index contributed by atoms with van der Waals surface area (Å²) in [6, 6.07) is 0. The summed E-state index contributed by atoms with van der Waals surface area (Å²) in [7, 11) is 0. The van der Waals surface area contributed by atoms with Gasteiger partial charge in [0.05, 0.1) is 6.20 Å². The van der Waals surface area contributed by atoms with Gasteiger partial charge in [0, 0.05) is 11.8 Å². The summed E-state index contributed by atoms with van der Waals surface area (Å²) in [4.78, 5) is 11.3. The zero-order valence-corrected chi connectivity index (χ0v) is 7.30. The third-order valence-electron chi connectivity index (χ3n) is 1.57. The first-order chi connectivity index (χ1) is 5.66. The van der Waals surface area contributed by atoms with Crippen molar-refractivity contribution in [2.24, 2.45) is 0 Å². The van der Waals surface area contributed by atoms with Gasteiger partial charge in [0.1, 0.15) is 5.82 Å². The third-order valence-corrected chi connectivity index (χ3v) is 1.78. The number of hydrazine groups is 2. The molecule has 0 bridgehead atoms. The monoisotopic (exact) mass is 200 g/mol. The molecular weight excluding hydrogens is 188 g/mol. The van der Waals surface area contributed by atoms with E-state index in [4.69, 9.17) is 0 Å². The summed E-state index contributed by atoms with van der Waals surface area (Å²) in [5, 5.41) is 4.39. The van der Waals surface area contributed by atoms with Gasteiger partial charge >= 0.3 is 0 Å². The molecule has 0 fully saturated rings. The lowest BCUT2D eigenvalue weighted by atomic mass is 10.3. The largest absolute Gasteiger partial charge is 0.343 e. The lowest BCUT2D eigenvalue weighted by molar-refractivity contribution is -0.128. The minimum atomic E-state index is -0.103. The molecule has 72 valence electrons. The van der Waals surface area contributed by atoms with Crippen molar-refractivity contribution in [3.05, 3.63) is 23.8 Å². The Morgan fingerprint density at radius 2 is 2.23 bits per heavy atom. The number of carbonyl (C=O) groups excluding carboxylic acids is 1. The van der Waals surface area contributed by atoms with Crippen LogP contribution in [0.1, 0.15) is 14.4 Å². The number of amides is 1. The summed E-state index contributed by atoms with van der Waals surface area (Å²) in [5.41, 5.74) is 3.53. The van der Waals surface area contributed by atoms with Gasteiger partial charge in [-0.15, -0.1) is 5.53 Å². The van der Waals surface area contributed by atoms with Crippen molar-refractivity contribution in [1.29, 1.82) is 0 Å². The third kappa shape index (κ3) is 1.63. The Morgan fingerprint density at radius 3 is 2.92 bits per heavy atom. The van der Waals surface area contributed by atoms with E-state index in [1.807, 2.05) is 6.92 Å². The highest BCUT2D eigenvalue weighted by molar-refractivity contribution is 7.77. The van der Waals surface area contributed by atoms with Crippen LogP contribution < -0.4 is 10.9 Å². The number of hydrogen-bond donors (Lipinski definition) is 3. The average molecular weight is 200 g/mol. The molecule has 0 aliphatic carbocycles. The molecule has 0 spiro atoms. The predicted molar refractivity (Wildman–Crippen MR) is 52.5 cm³/mol. The van der Waals surface area contributed by atoms with E-state index < -0.39 is 0 Å². The first-order valence-electron chi connectivity index (χ1n) is 3.42. The zero-order chi connectivity index (χ0) is 8.72. The van der Waals surface area contributed by atoms with Crippen molar-refractivity contribution in [3.63, 3.8) is 0 Å². The molecule has 0 atom stereocenters. The van der Waals surface area contributed by atoms with Crippen LogP contribution in [-0.4, -0.2) is 15.3 Å². The van der Waals surface area contributed by atoms with E-state index in [0.29, 0.717) is 5.82 Å². The van der Waals surface area contributed by atoms with E-state index in [2.05, 4.69) is 23.7 Å². The Hall–Kier alpha value is -1.14. The maximum Gasteiger partial charge on any atom is 0.269 e. The smallest absolute Gasteiger partial charge is 0.269 e. The zero-order valence-electron chi connectivity index (χ0n) is 6.40. The molecule has 2 rings (SSSR count). The normalized spacial score (nSPS) is 20.0. The summed E-state index contributed by atoms with van der Waals surface area (Å²) in [6.07, 6.45) is 3.19. The molecule has 0 saturated heterocycles. The van der Waals surface area contributed by atoms with Crippen molar-refractivity contribution < 1.29 is 4.79 Å². The molecule has 2 heterocycles. The Labute approximate surface area is 82.6 Å². The van der Waals surface area contributed by atoms with Crippen LogP contribution in [-0.2, 0) is 4.79 Å². The highest BCUT2D eigenvalue weighted by atomic mass is 32.1. The van der Waals surface area contributed by atoms with Crippen LogP contribution in [0, 0.1) is 0 Å². The Bertz CT molecular complexity index is 299. The molecule has 0 saturated carbocycles. The Kier molecular flexibility index (Phi) is 2.53. The molecular formula is C7H12N4OS. The number of carbonyl (C=O) groups is 1. The number of hydrogen-bond acceptors (Lipinski definition) is 5.